The molecule has 1 unspecified atom stereocenters. The predicted octanol–water partition coefficient (Wildman–Crippen LogP) is 2.76. The van der Waals surface area contributed by atoms with Crippen molar-refractivity contribution in [2.75, 3.05) is 6.54 Å². The summed E-state index contributed by atoms with van der Waals surface area (Å²) < 4.78 is 0. The second kappa shape index (κ2) is 7.36. The minimum absolute atomic E-state index is 0.137. The lowest BCUT2D eigenvalue weighted by molar-refractivity contribution is -0.147. The molecular formula is C14H28N2O3. The zero-order chi connectivity index (χ0) is 15.1. The smallest absolute Gasteiger partial charge is 0.315 e. The molecule has 0 bridgehead atoms. The largest absolute Gasteiger partial charge is 0.481 e. The molecule has 0 rings (SSSR count). The number of urea groups is 1. The second-order valence-electron chi connectivity index (χ2n) is 5.37. The Morgan fingerprint density at radius 2 is 1.47 bits per heavy atom. The number of rotatable bonds is 8. The standard InChI is InChI=1S/C14H28N2O3/c1-6-13(5,11(17)18)10-15-12(19)16-14(7-2,8-3)9-4/h6-10H2,1-5H3,(H,17,18)(H2,15,16,19). The predicted molar refractivity (Wildman–Crippen MR) is 76.2 cm³/mol. The number of carboxylic acid groups (broad SMARTS) is 1. The van der Waals surface area contributed by atoms with E-state index in [0.717, 1.165) is 19.3 Å². The van der Waals surface area contributed by atoms with E-state index in [9.17, 15) is 9.59 Å². The maximum Gasteiger partial charge on any atom is 0.315 e. The molecule has 19 heavy (non-hydrogen) atoms. The molecule has 5 nitrogen and oxygen atoms in total. The topological polar surface area (TPSA) is 78.4 Å². The molecule has 0 saturated carbocycles. The highest BCUT2D eigenvalue weighted by atomic mass is 16.4. The highest BCUT2D eigenvalue weighted by Crippen LogP contribution is 2.21. The quantitative estimate of drug-likeness (QED) is 0.635. The molecule has 0 aromatic heterocycles. The number of hydrogen-bond donors (Lipinski definition) is 3. The molecule has 0 heterocycles. The van der Waals surface area contributed by atoms with Crippen molar-refractivity contribution in [1.82, 2.24) is 10.6 Å². The third kappa shape index (κ3) is 4.73. The minimum atomic E-state index is -0.912. The number of hydrogen-bond acceptors (Lipinski definition) is 2. The second-order valence-corrected chi connectivity index (χ2v) is 5.37. The van der Waals surface area contributed by atoms with E-state index >= 15 is 0 Å². The number of amides is 2. The van der Waals surface area contributed by atoms with Crippen molar-refractivity contribution in [2.45, 2.75) is 65.8 Å². The monoisotopic (exact) mass is 272 g/mol. The molecule has 0 aliphatic carbocycles. The first-order chi connectivity index (χ1) is 8.79. The van der Waals surface area contributed by atoms with E-state index < -0.39 is 11.4 Å². The van der Waals surface area contributed by atoms with E-state index in [1.165, 1.54) is 0 Å². The van der Waals surface area contributed by atoms with E-state index in [1.54, 1.807) is 6.92 Å². The van der Waals surface area contributed by atoms with Gasteiger partial charge in [-0.3, -0.25) is 4.79 Å². The Labute approximate surface area is 116 Å². The van der Waals surface area contributed by atoms with Crippen LogP contribution in [-0.4, -0.2) is 29.2 Å². The first-order valence-corrected chi connectivity index (χ1v) is 7.08. The van der Waals surface area contributed by atoms with Gasteiger partial charge in [-0.15, -0.1) is 0 Å². The van der Waals surface area contributed by atoms with E-state index in [-0.39, 0.29) is 18.1 Å². The fraction of sp³-hybridized carbons (Fsp3) is 0.857. The van der Waals surface area contributed by atoms with E-state index in [2.05, 4.69) is 10.6 Å². The van der Waals surface area contributed by atoms with Gasteiger partial charge in [-0.05, 0) is 32.6 Å². The summed E-state index contributed by atoms with van der Waals surface area (Å²) in [6.07, 6.45) is 3.05. The third-order valence-corrected chi connectivity index (χ3v) is 4.34. The first-order valence-electron chi connectivity index (χ1n) is 7.08. The normalized spacial score (nSPS) is 14.6. The van der Waals surface area contributed by atoms with Crippen LogP contribution in [0.1, 0.15) is 60.3 Å². The summed E-state index contributed by atoms with van der Waals surface area (Å²) in [5.74, 6) is -0.886. The summed E-state index contributed by atoms with van der Waals surface area (Å²) in [5.41, 5.74) is -1.11. The Morgan fingerprint density at radius 3 is 1.79 bits per heavy atom. The van der Waals surface area contributed by atoms with Gasteiger partial charge in [0.15, 0.2) is 0 Å². The fourth-order valence-corrected chi connectivity index (χ4v) is 1.93. The number of carbonyl (C=O) groups excluding carboxylic acids is 1. The zero-order valence-electron chi connectivity index (χ0n) is 12.8. The van der Waals surface area contributed by atoms with E-state index in [0.29, 0.717) is 6.42 Å². The summed E-state index contributed by atoms with van der Waals surface area (Å²) >= 11 is 0. The van der Waals surface area contributed by atoms with Gasteiger partial charge >= 0.3 is 12.0 Å². The Hall–Kier alpha value is -1.26. The van der Waals surface area contributed by atoms with Crippen molar-refractivity contribution in [3.8, 4) is 0 Å². The minimum Gasteiger partial charge on any atom is -0.481 e. The Bertz CT molecular complexity index is 306. The number of aliphatic carboxylic acids is 1. The van der Waals surface area contributed by atoms with Gasteiger partial charge in [0, 0.05) is 12.1 Å². The van der Waals surface area contributed by atoms with E-state index in [1.807, 2.05) is 27.7 Å². The van der Waals surface area contributed by atoms with E-state index in [4.69, 9.17) is 5.11 Å². The molecule has 112 valence electrons. The lowest BCUT2D eigenvalue weighted by Gasteiger charge is -2.32. The van der Waals surface area contributed by atoms with Crippen LogP contribution in [0, 0.1) is 5.41 Å². The van der Waals surface area contributed by atoms with Crippen molar-refractivity contribution >= 4 is 12.0 Å². The summed E-state index contributed by atoms with van der Waals surface area (Å²) in [5, 5.41) is 14.8. The molecule has 0 aromatic rings. The van der Waals surface area contributed by atoms with Crippen molar-refractivity contribution in [3.05, 3.63) is 0 Å². The van der Waals surface area contributed by atoms with Gasteiger partial charge in [-0.25, -0.2) is 4.79 Å². The molecule has 0 saturated heterocycles. The Morgan fingerprint density at radius 1 is 1.00 bits per heavy atom. The maximum atomic E-state index is 11.9. The highest BCUT2D eigenvalue weighted by Gasteiger charge is 2.32. The fourth-order valence-electron chi connectivity index (χ4n) is 1.93. The Kier molecular flexibility index (Phi) is 6.87. The van der Waals surface area contributed by atoms with Gasteiger partial charge in [0.25, 0.3) is 0 Å². The van der Waals surface area contributed by atoms with Crippen LogP contribution in [0.25, 0.3) is 0 Å². The van der Waals surface area contributed by atoms with Crippen molar-refractivity contribution < 1.29 is 14.7 Å². The number of carboxylic acids is 1. The molecule has 0 aromatic carbocycles. The average molecular weight is 272 g/mol. The van der Waals surface area contributed by atoms with Crippen LogP contribution in [0.15, 0.2) is 0 Å². The highest BCUT2D eigenvalue weighted by molar-refractivity contribution is 5.78. The molecular weight excluding hydrogens is 244 g/mol. The first kappa shape index (κ1) is 17.7. The molecule has 0 fully saturated rings. The van der Waals surface area contributed by atoms with Crippen molar-refractivity contribution in [2.24, 2.45) is 5.41 Å². The van der Waals surface area contributed by atoms with Crippen LogP contribution in [0.2, 0.25) is 0 Å². The van der Waals surface area contributed by atoms with Gasteiger partial charge in [0.05, 0.1) is 5.41 Å². The van der Waals surface area contributed by atoms with Crippen LogP contribution < -0.4 is 10.6 Å². The summed E-state index contributed by atoms with van der Waals surface area (Å²) in [6.45, 7) is 9.71. The van der Waals surface area contributed by atoms with Crippen molar-refractivity contribution in [3.63, 3.8) is 0 Å². The summed E-state index contributed by atoms with van der Waals surface area (Å²) in [4.78, 5) is 23.1. The van der Waals surface area contributed by atoms with Crippen LogP contribution >= 0.6 is 0 Å². The van der Waals surface area contributed by atoms with Crippen LogP contribution in [0.4, 0.5) is 4.79 Å². The number of carbonyl (C=O) groups is 2. The van der Waals surface area contributed by atoms with Gasteiger partial charge in [0.1, 0.15) is 0 Å². The maximum absolute atomic E-state index is 11.9. The molecule has 0 radical (unpaired) electrons. The SMILES string of the molecule is CCC(CC)(CC)NC(=O)NCC(C)(CC)C(=O)O. The summed E-state index contributed by atoms with van der Waals surface area (Å²) in [6, 6.07) is -0.286. The van der Waals surface area contributed by atoms with Crippen molar-refractivity contribution in [1.29, 1.82) is 0 Å². The molecule has 2 amide bonds. The molecule has 0 aliphatic rings. The Balaban J connectivity index is 4.52. The van der Waals surface area contributed by atoms with Gasteiger partial charge in [-0.1, -0.05) is 27.7 Å². The molecule has 0 aliphatic heterocycles. The lowest BCUT2D eigenvalue weighted by Crippen LogP contribution is -2.53. The average Bonchev–Trinajstić information content (AvgIpc) is 2.42. The van der Waals surface area contributed by atoms with Crippen LogP contribution in [0.3, 0.4) is 0 Å². The number of nitrogens with one attached hydrogen (secondary N) is 2. The van der Waals surface area contributed by atoms with Gasteiger partial charge in [0.2, 0.25) is 0 Å². The van der Waals surface area contributed by atoms with Gasteiger partial charge < -0.3 is 15.7 Å². The zero-order valence-corrected chi connectivity index (χ0v) is 12.8. The molecule has 5 heteroatoms. The molecule has 1 atom stereocenters. The lowest BCUT2D eigenvalue weighted by atomic mass is 9.87. The van der Waals surface area contributed by atoms with Crippen LogP contribution in [0.5, 0.6) is 0 Å². The molecule has 0 spiro atoms. The third-order valence-electron chi connectivity index (χ3n) is 4.34. The molecule has 3 N–H and O–H groups in total. The van der Waals surface area contributed by atoms with Crippen LogP contribution in [-0.2, 0) is 4.79 Å². The summed E-state index contributed by atoms with van der Waals surface area (Å²) in [7, 11) is 0. The van der Waals surface area contributed by atoms with Gasteiger partial charge in [-0.2, -0.15) is 0 Å².